The van der Waals surface area contributed by atoms with E-state index in [1.54, 1.807) is 35.6 Å². The first-order chi connectivity index (χ1) is 15.0. The number of hydrogen-bond donors (Lipinski definition) is 2. The van der Waals surface area contributed by atoms with Gasteiger partial charge >= 0.3 is 0 Å². The van der Waals surface area contributed by atoms with Gasteiger partial charge in [0.25, 0.3) is 5.91 Å². The summed E-state index contributed by atoms with van der Waals surface area (Å²) in [5.74, 6) is -1.14. The van der Waals surface area contributed by atoms with E-state index in [-0.39, 0.29) is 29.6 Å². The predicted octanol–water partition coefficient (Wildman–Crippen LogP) is 3.16. The minimum Gasteiger partial charge on any atom is -0.352 e. The van der Waals surface area contributed by atoms with Gasteiger partial charge in [0.15, 0.2) is 0 Å². The first-order valence-electron chi connectivity index (χ1n) is 10.6. The van der Waals surface area contributed by atoms with Crippen LogP contribution >= 0.6 is 11.3 Å². The first-order valence-corrected chi connectivity index (χ1v) is 11.5. The third kappa shape index (κ3) is 4.85. The number of amides is 3. The number of allylic oxidation sites excluding steroid dienone is 2. The first kappa shape index (κ1) is 21.2. The van der Waals surface area contributed by atoms with Crippen LogP contribution in [0.1, 0.15) is 46.7 Å². The Morgan fingerprint density at radius 2 is 2.03 bits per heavy atom. The van der Waals surface area contributed by atoms with E-state index in [1.807, 2.05) is 24.5 Å². The number of hydrazine groups is 1. The number of anilines is 1. The van der Waals surface area contributed by atoms with Gasteiger partial charge in [-0.2, -0.15) is 0 Å². The quantitative estimate of drug-likeness (QED) is 0.513. The summed E-state index contributed by atoms with van der Waals surface area (Å²) in [7, 11) is 0. The van der Waals surface area contributed by atoms with Crippen LogP contribution in [0.15, 0.2) is 41.8 Å². The third-order valence-corrected chi connectivity index (χ3v) is 6.69. The molecule has 4 rings (SSSR count). The third-order valence-electron chi connectivity index (χ3n) is 5.66. The number of rotatable bonds is 7. The second-order valence-electron chi connectivity index (χ2n) is 7.95. The maximum absolute atomic E-state index is 12.9. The van der Waals surface area contributed by atoms with Gasteiger partial charge in [-0.05, 0) is 57.2 Å². The number of fused-ring (bicyclic) bond motifs is 1. The highest BCUT2D eigenvalue weighted by atomic mass is 32.1. The van der Waals surface area contributed by atoms with Crippen LogP contribution < -0.4 is 15.8 Å². The number of hydrogen-bond acceptors (Lipinski definition) is 5. The SMILES string of the molecule is Cc1csc(CCCCNC(=O)c2cccc(N3NC(=O)C4CC=CCC4C3=O)c2)n1. The highest BCUT2D eigenvalue weighted by Crippen LogP contribution is 2.32. The van der Waals surface area contributed by atoms with Crippen molar-refractivity contribution in [3.63, 3.8) is 0 Å². The van der Waals surface area contributed by atoms with Crippen molar-refractivity contribution in [1.82, 2.24) is 15.7 Å². The van der Waals surface area contributed by atoms with Gasteiger partial charge in [-0.25, -0.2) is 9.99 Å². The summed E-state index contributed by atoms with van der Waals surface area (Å²) in [6.07, 6.45) is 7.79. The van der Waals surface area contributed by atoms with Gasteiger partial charge in [0.2, 0.25) is 11.8 Å². The Bertz CT molecular complexity index is 1020. The van der Waals surface area contributed by atoms with Crippen molar-refractivity contribution >= 4 is 34.7 Å². The van der Waals surface area contributed by atoms with Crippen LogP contribution in [-0.2, 0) is 16.0 Å². The zero-order valence-corrected chi connectivity index (χ0v) is 18.3. The summed E-state index contributed by atoms with van der Waals surface area (Å²) < 4.78 is 0. The van der Waals surface area contributed by atoms with E-state index in [0.717, 1.165) is 30.0 Å². The molecule has 0 saturated carbocycles. The summed E-state index contributed by atoms with van der Waals surface area (Å²) in [6.45, 7) is 2.56. The van der Waals surface area contributed by atoms with Crippen LogP contribution in [0, 0.1) is 18.8 Å². The second kappa shape index (κ2) is 9.43. The lowest BCUT2D eigenvalue weighted by Crippen LogP contribution is -2.59. The Kier molecular flexibility index (Phi) is 6.46. The standard InChI is InChI=1S/C23H26N4O3S/c1-15-14-31-20(25-15)11-4-5-12-24-21(28)16-7-6-8-17(13-16)27-23(30)19-10-3-2-9-18(19)22(29)26-27/h2-3,6-8,13-14,18-19H,4-5,9-12H2,1H3,(H,24,28)(H,26,29). The molecule has 2 atom stereocenters. The highest BCUT2D eigenvalue weighted by molar-refractivity contribution is 7.09. The molecule has 162 valence electrons. The minimum absolute atomic E-state index is 0.135. The average molecular weight is 439 g/mol. The number of nitrogens with zero attached hydrogens (tertiary/aromatic N) is 2. The van der Waals surface area contributed by atoms with Crippen molar-refractivity contribution < 1.29 is 14.4 Å². The fourth-order valence-electron chi connectivity index (χ4n) is 3.99. The van der Waals surface area contributed by atoms with Gasteiger partial charge in [0.1, 0.15) is 0 Å². The van der Waals surface area contributed by atoms with E-state index in [9.17, 15) is 14.4 Å². The van der Waals surface area contributed by atoms with Crippen molar-refractivity contribution in [1.29, 1.82) is 0 Å². The molecule has 31 heavy (non-hydrogen) atoms. The molecule has 2 aliphatic rings. The number of nitrogens with one attached hydrogen (secondary N) is 2. The lowest BCUT2D eigenvalue weighted by Gasteiger charge is -2.38. The Morgan fingerprint density at radius 3 is 2.81 bits per heavy atom. The molecular formula is C23H26N4O3S. The number of aromatic nitrogens is 1. The molecule has 0 bridgehead atoms. The van der Waals surface area contributed by atoms with Gasteiger partial charge in [0.05, 0.1) is 22.5 Å². The lowest BCUT2D eigenvalue weighted by atomic mass is 9.80. The topological polar surface area (TPSA) is 91.4 Å². The molecule has 0 radical (unpaired) electrons. The van der Waals surface area contributed by atoms with Gasteiger partial charge < -0.3 is 5.32 Å². The van der Waals surface area contributed by atoms with Gasteiger partial charge in [-0.3, -0.25) is 19.8 Å². The number of carbonyl (C=O) groups excluding carboxylic acids is 3. The van der Waals surface area contributed by atoms with Crippen molar-refractivity contribution in [2.45, 2.75) is 39.0 Å². The molecule has 3 amide bonds. The Labute approximate surface area is 185 Å². The molecule has 2 unspecified atom stereocenters. The molecule has 1 aliphatic heterocycles. The smallest absolute Gasteiger partial charge is 0.251 e. The number of benzene rings is 1. The summed E-state index contributed by atoms with van der Waals surface area (Å²) in [4.78, 5) is 42.4. The van der Waals surface area contributed by atoms with E-state index < -0.39 is 0 Å². The van der Waals surface area contributed by atoms with Gasteiger partial charge in [0, 0.05) is 23.2 Å². The molecule has 7 nitrogen and oxygen atoms in total. The maximum atomic E-state index is 12.9. The zero-order chi connectivity index (χ0) is 21.8. The molecule has 1 aromatic heterocycles. The molecule has 1 aliphatic carbocycles. The van der Waals surface area contributed by atoms with Gasteiger partial charge in [-0.15, -0.1) is 11.3 Å². The largest absolute Gasteiger partial charge is 0.352 e. The number of unbranched alkanes of at least 4 members (excludes halogenated alkanes) is 1. The molecule has 2 aromatic rings. The van der Waals surface area contributed by atoms with E-state index >= 15 is 0 Å². The summed E-state index contributed by atoms with van der Waals surface area (Å²) in [5, 5.41) is 7.39. The second-order valence-corrected chi connectivity index (χ2v) is 8.89. The molecule has 0 spiro atoms. The molecule has 2 heterocycles. The number of aryl methyl sites for hydroxylation is 2. The van der Waals surface area contributed by atoms with E-state index in [4.69, 9.17) is 0 Å². The normalized spacial score (nSPS) is 20.4. The maximum Gasteiger partial charge on any atom is 0.251 e. The van der Waals surface area contributed by atoms with Crippen molar-refractivity contribution in [2.75, 3.05) is 11.6 Å². The van der Waals surface area contributed by atoms with Gasteiger partial charge in [-0.1, -0.05) is 18.2 Å². The summed E-state index contributed by atoms with van der Waals surface area (Å²) in [5.41, 5.74) is 4.70. The molecule has 2 N–H and O–H groups in total. The Balaban J connectivity index is 1.33. The van der Waals surface area contributed by atoms with E-state index in [1.165, 1.54) is 5.01 Å². The van der Waals surface area contributed by atoms with E-state index in [0.29, 0.717) is 30.6 Å². The van der Waals surface area contributed by atoms with Crippen molar-refractivity contribution in [3.8, 4) is 0 Å². The van der Waals surface area contributed by atoms with Crippen LogP contribution in [0.2, 0.25) is 0 Å². The molecule has 1 fully saturated rings. The molecule has 1 saturated heterocycles. The molecule has 8 heteroatoms. The van der Waals surface area contributed by atoms with Crippen LogP contribution in [0.25, 0.3) is 0 Å². The predicted molar refractivity (Wildman–Crippen MR) is 120 cm³/mol. The Hall–Kier alpha value is -3.00. The summed E-state index contributed by atoms with van der Waals surface area (Å²) in [6, 6.07) is 6.80. The van der Waals surface area contributed by atoms with Crippen molar-refractivity contribution in [3.05, 3.63) is 58.1 Å². The fourth-order valence-corrected chi connectivity index (χ4v) is 4.81. The van der Waals surface area contributed by atoms with Crippen LogP contribution in [0.3, 0.4) is 0 Å². The fraction of sp³-hybridized carbons (Fsp3) is 0.391. The van der Waals surface area contributed by atoms with Crippen LogP contribution in [0.4, 0.5) is 5.69 Å². The monoisotopic (exact) mass is 438 g/mol. The molecular weight excluding hydrogens is 412 g/mol. The lowest BCUT2D eigenvalue weighted by molar-refractivity contribution is -0.139. The number of thiazole rings is 1. The average Bonchev–Trinajstić information content (AvgIpc) is 3.21. The van der Waals surface area contributed by atoms with Crippen LogP contribution in [-0.4, -0.2) is 29.3 Å². The van der Waals surface area contributed by atoms with E-state index in [2.05, 4.69) is 15.7 Å². The van der Waals surface area contributed by atoms with Crippen LogP contribution in [0.5, 0.6) is 0 Å². The zero-order valence-electron chi connectivity index (χ0n) is 17.5. The number of carbonyl (C=O) groups is 3. The van der Waals surface area contributed by atoms with Crippen molar-refractivity contribution in [2.24, 2.45) is 11.8 Å². The minimum atomic E-state index is -0.349. The molecule has 1 aromatic carbocycles. The Morgan fingerprint density at radius 1 is 1.23 bits per heavy atom. The highest BCUT2D eigenvalue weighted by Gasteiger charge is 2.42. The summed E-state index contributed by atoms with van der Waals surface area (Å²) >= 11 is 1.67.